The highest BCUT2D eigenvalue weighted by Crippen LogP contribution is 2.32. The lowest BCUT2D eigenvalue weighted by molar-refractivity contribution is -0.120. The van der Waals surface area contributed by atoms with E-state index in [-0.39, 0.29) is 30.2 Å². The summed E-state index contributed by atoms with van der Waals surface area (Å²) < 4.78 is 24.4. The first-order valence-electron chi connectivity index (χ1n) is 6.66. The van der Waals surface area contributed by atoms with E-state index < -0.39 is 5.76 Å². The molecule has 2 atom stereocenters. The van der Waals surface area contributed by atoms with Crippen LogP contribution in [0.15, 0.2) is 29.2 Å². The fourth-order valence-corrected chi connectivity index (χ4v) is 3.12. The predicted octanol–water partition coefficient (Wildman–Crippen LogP) is 3.74. The Morgan fingerprint density at radius 1 is 1.33 bits per heavy atom. The third-order valence-corrected chi connectivity index (χ3v) is 4.37. The van der Waals surface area contributed by atoms with Crippen LogP contribution in [0.5, 0.6) is 0 Å². The number of halogens is 3. The van der Waals surface area contributed by atoms with E-state index in [2.05, 4.69) is 5.32 Å². The van der Waals surface area contributed by atoms with Crippen LogP contribution in [0.25, 0.3) is 0 Å². The minimum atomic E-state index is -2.43. The van der Waals surface area contributed by atoms with Gasteiger partial charge in [-0.25, -0.2) is 0 Å². The smallest absolute Gasteiger partial charge is 0.288 e. The van der Waals surface area contributed by atoms with Crippen LogP contribution in [-0.2, 0) is 4.79 Å². The molecule has 118 valence electrons. The van der Waals surface area contributed by atoms with Gasteiger partial charge in [-0.2, -0.15) is 8.78 Å². The summed E-state index contributed by atoms with van der Waals surface area (Å²) in [4.78, 5) is 12.6. The second-order valence-electron chi connectivity index (χ2n) is 4.93. The van der Waals surface area contributed by atoms with Crippen molar-refractivity contribution >= 4 is 35.8 Å². The molecule has 0 aliphatic heterocycles. The lowest BCUT2D eigenvalue weighted by atomic mass is 9.95. The van der Waals surface area contributed by atoms with Crippen LogP contribution in [0, 0.1) is 11.8 Å². The standard InChI is InChI=1S/C14H18F2N2OS.ClH/c15-14(16)20-11-6-4-10(5-7-11)18-13(19)12-3-1-2-9(12)8-17;/h4-7,9,12,14H,1-3,8,17H2,(H,18,19);1H/t9-,12-;/m1./s1. The van der Waals surface area contributed by atoms with Crippen molar-refractivity contribution in [3.05, 3.63) is 24.3 Å². The SMILES string of the molecule is Cl.NC[C@H]1CCC[C@H]1C(=O)Nc1ccc(SC(F)F)cc1. The molecule has 21 heavy (non-hydrogen) atoms. The molecule has 0 spiro atoms. The van der Waals surface area contributed by atoms with Crippen molar-refractivity contribution in [1.29, 1.82) is 0 Å². The molecule has 3 nitrogen and oxygen atoms in total. The van der Waals surface area contributed by atoms with E-state index in [0.717, 1.165) is 19.3 Å². The van der Waals surface area contributed by atoms with E-state index in [4.69, 9.17) is 5.73 Å². The minimum Gasteiger partial charge on any atom is -0.330 e. The molecule has 3 N–H and O–H groups in total. The highest BCUT2D eigenvalue weighted by Gasteiger charge is 2.31. The number of amides is 1. The van der Waals surface area contributed by atoms with Gasteiger partial charge in [0.1, 0.15) is 0 Å². The zero-order chi connectivity index (χ0) is 14.5. The fourth-order valence-electron chi connectivity index (χ4n) is 2.62. The maximum absolute atomic E-state index is 12.2. The van der Waals surface area contributed by atoms with E-state index in [9.17, 15) is 13.6 Å². The van der Waals surface area contributed by atoms with E-state index >= 15 is 0 Å². The molecule has 7 heteroatoms. The molecule has 0 bridgehead atoms. The summed E-state index contributed by atoms with van der Waals surface area (Å²) in [6.07, 6.45) is 2.90. The summed E-state index contributed by atoms with van der Waals surface area (Å²) in [7, 11) is 0. The van der Waals surface area contributed by atoms with E-state index in [0.29, 0.717) is 28.9 Å². The first kappa shape index (κ1) is 18.2. The molecule has 0 saturated heterocycles. The molecular weight excluding hydrogens is 318 g/mol. The van der Waals surface area contributed by atoms with Crippen molar-refractivity contribution in [1.82, 2.24) is 0 Å². The van der Waals surface area contributed by atoms with Crippen LogP contribution in [0.4, 0.5) is 14.5 Å². The minimum absolute atomic E-state index is 0. The van der Waals surface area contributed by atoms with Gasteiger partial charge in [-0.1, -0.05) is 18.2 Å². The average molecular weight is 337 g/mol. The molecule has 0 heterocycles. The van der Waals surface area contributed by atoms with Crippen LogP contribution in [-0.4, -0.2) is 18.2 Å². The van der Waals surface area contributed by atoms with Crippen LogP contribution in [0.2, 0.25) is 0 Å². The molecule has 1 amide bonds. The molecule has 0 aromatic heterocycles. The van der Waals surface area contributed by atoms with Gasteiger partial charge < -0.3 is 11.1 Å². The number of thioether (sulfide) groups is 1. The summed E-state index contributed by atoms with van der Waals surface area (Å²) in [6.45, 7) is 0.530. The van der Waals surface area contributed by atoms with Crippen molar-refractivity contribution in [3.63, 3.8) is 0 Å². The Bertz CT molecular complexity index is 459. The summed E-state index contributed by atoms with van der Waals surface area (Å²) in [5, 5.41) is 2.84. The van der Waals surface area contributed by atoms with Crippen LogP contribution >= 0.6 is 24.2 Å². The second-order valence-corrected chi connectivity index (χ2v) is 5.99. The Morgan fingerprint density at radius 3 is 2.57 bits per heavy atom. The van der Waals surface area contributed by atoms with Gasteiger partial charge in [-0.05, 0) is 49.6 Å². The predicted molar refractivity (Wildman–Crippen MR) is 84.1 cm³/mol. The van der Waals surface area contributed by atoms with Crippen molar-refractivity contribution < 1.29 is 13.6 Å². The summed E-state index contributed by atoms with van der Waals surface area (Å²) in [5.74, 6) is -2.23. The molecule has 2 rings (SSSR count). The molecule has 1 saturated carbocycles. The van der Waals surface area contributed by atoms with Gasteiger partial charge >= 0.3 is 0 Å². The number of hydrogen-bond donors (Lipinski definition) is 2. The van der Waals surface area contributed by atoms with E-state index in [1.165, 1.54) is 0 Å². The maximum atomic E-state index is 12.2. The number of carbonyl (C=O) groups excluding carboxylic acids is 1. The summed E-state index contributed by atoms with van der Waals surface area (Å²) >= 11 is 0.493. The number of hydrogen-bond acceptors (Lipinski definition) is 3. The maximum Gasteiger partial charge on any atom is 0.288 e. The number of benzene rings is 1. The average Bonchev–Trinajstić information content (AvgIpc) is 2.89. The van der Waals surface area contributed by atoms with Crippen molar-refractivity contribution in [2.75, 3.05) is 11.9 Å². The summed E-state index contributed by atoms with van der Waals surface area (Å²) in [6, 6.07) is 6.47. The molecule has 1 aliphatic rings. The zero-order valence-corrected chi connectivity index (χ0v) is 13.1. The molecule has 0 unspecified atom stereocenters. The van der Waals surface area contributed by atoms with Crippen molar-refractivity contribution in [3.8, 4) is 0 Å². The molecule has 1 aromatic carbocycles. The van der Waals surface area contributed by atoms with Gasteiger partial charge in [0.2, 0.25) is 5.91 Å². The quantitative estimate of drug-likeness (QED) is 0.805. The van der Waals surface area contributed by atoms with Gasteiger partial charge in [0.25, 0.3) is 5.76 Å². The Hall–Kier alpha value is -0.850. The zero-order valence-electron chi connectivity index (χ0n) is 11.4. The molecule has 0 radical (unpaired) electrons. The lowest BCUT2D eigenvalue weighted by Crippen LogP contribution is -2.29. The van der Waals surface area contributed by atoms with E-state index in [1.807, 2.05) is 0 Å². The number of nitrogens with two attached hydrogens (primary N) is 1. The number of alkyl halides is 2. The fraction of sp³-hybridized carbons (Fsp3) is 0.500. The van der Waals surface area contributed by atoms with Gasteiger partial charge in [0, 0.05) is 16.5 Å². The molecule has 1 aliphatic carbocycles. The molecule has 1 fully saturated rings. The van der Waals surface area contributed by atoms with Crippen LogP contribution in [0.1, 0.15) is 19.3 Å². The molecular formula is C14H19ClF2N2OS. The monoisotopic (exact) mass is 336 g/mol. The number of anilines is 1. The van der Waals surface area contributed by atoms with Gasteiger partial charge in [-0.3, -0.25) is 4.79 Å². The number of carbonyl (C=O) groups is 1. The third kappa shape index (κ3) is 5.13. The Labute approximate surface area is 133 Å². The Morgan fingerprint density at radius 2 is 2.00 bits per heavy atom. The lowest BCUT2D eigenvalue weighted by Gasteiger charge is -2.17. The third-order valence-electron chi connectivity index (χ3n) is 3.65. The van der Waals surface area contributed by atoms with Gasteiger partial charge in [-0.15, -0.1) is 12.4 Å². The highest BCUT2D eigenvalue weighted by atomic mass is 35.5. The highest BCUT2D eigenvalue weighted by molar-refractivity contribution is 7.99. The second kappa shape index (κ2) is 8.56. The largest absolute Gasteiger partial charge is 0.330 e. The van der Waals surface area contributed by atoms with E-state index in [1.54, 1.807) is 24.3 Å². The number of rotatable bonds is 5. The Kier molecular flexibility index (Phi) is 7.42. The topological polar surface area (TPSA) is 55.1 Å². The normalized spacial score (nSPS) is 21.1. The van der Waals surface area contributed by atoms with Crippen molar-refractivity contribution in [2.45, 2.75) is 29.9 Å². The first-order chi connectivity index (χ1) is 9.60. The van der Waals surface area contributed by atoms with Gasteiger partial charge in [0.05, 0.1) is 0 Å². The van der Waals surface area contributed by atoms with Gasteiger partial charge in [0.15, 0.2) is 0 Å². The van der Waals surface area contributed by atoms with Crippen LogP contribution < -0.4 is 11.1 Å². The molecule has 1 aromatic rings. The number of nitrogens with one attached hydrogen (secondary N) is 1. The summed E-state index contributed by atoms with van der Waals surface area (Å²) in [5.41, 5.74) is 6.30. The first-order valence-corrected chi connectivity index (χ1v) is 7.54. The Balaban J connectivity index is 0.00000220. The van der Waals surface area contributed by atoms with Crippen LogP contribution in [0.3, 0.4) is 0 Å². The van der Waals surface area contributed by atoms with Crippen molar-refractivity contribution in [2.24, 2.45) is 17.6 Å².